The maximum Gasteiger partial charge on any atom is 0.276 e. The van der Waals surface area contributed by atoms with Crippen LogP contribution in [0.15, 0.2) is 46.4 Å². The fourth-order valence-electron chi connectivity index (χ4n) is 3.69. The van der Waals surface area contributed by atoms with Crippen LogP contribution in [0, 0.1) is 18.8 Å². The third-order valence-electron chi connectivity index (χ3n) is 5.07. The second kappa shape index (κ2) is 5.49. The number of likely N-dealkylation sites (tertiary alicyclic amines) is 1. The van der Waals surface area contributed by atoms with E-state index in [1.165, 1.54) is 25.4 Å². The maximum absolute atomic E-state index is 12.4. The fraction of sp³-hybridized carbons (Fsp3) is 0.353. The molecule has 1 aromatic carbocycles. The van der Waals surface area contributed by atoms with Crippen molar-refractivity contribution in [2.24, 2.45) is 16.9 Å². The van der Waals surface area contributed by atoms with Crippen LogP contribution >= 0.6 is 0 Å². The summed E-state index contributed by atoms with van der Waals surface area (Å²) in [6, 6.07) is 6.33. The first-order valence-electron chi connectivity index (χ1n) is 8.06. The minimum absolute atomic E-state index is 0.0784. The number of amides is 2. The van der Waals surface area contributed by atoms with E-state index in [1.807, 2.05) is 6.92 Å². The van der Waals surface area contributed by atoms with E-state index in [4.69, 9.17) is 4.74 Å². The Morgan fingerprint density at radius 1 is 1.23 bits per heavy atom. The summed E-state index contributed by atoms with van der Waals surface area (Å²) in [5, 5.41) is 3.82. The van der Waals surface area contributed by atoms with Gasteiger partial charge in [0, 0.05) is 7.05 Å². The molecular formula is C17H17N3O5S. The van der Waals surface area contributed by atoms with E-state index in [-0.39, 0.29) is 16.7 Å². The molecule has 0 aromatic heterocycles. The maximum atomic E-state index is 12.4. The standard InChI is InChI=1S/C17H17N3O5S/c1-10-3-5-11(6-4-10)26(23,24)19-18-9-17-8-7-12(25-17)13-14(17)16(22)20(2)15(13)21/h3-9,12-14,19H,1-2H3/b18-9+/t12-,13-,14+,17-/m1/s1. The van der Waals surface area contributed by atoms with Crippen LogP contribution in [0.3, 0.4) is 0 Å². The minimum Gasteiger partial charge on any atom is -0.356 e. The lowest BCUT2D eigenvalue weighted by atomic mass is 9.77. The van der Waals surface area contributed by atoms with Crippen molar-refractivity contribution in [2.45, 2.75) is 23.5 Å². The van der Waals surface area contributed by atoms with Gasteiger partial charge in [0.05, 0.1) is 29.0 Å². The zero-order valence-electron chi connectivity index (χ0n) is 14.1. The molecule has 136 valence electrons. The lowest BCUT2D eigenvalue weighted by molar-refractivity contribution is -0.141. The number of carbonyl (C=O) groups excluding carboxylic acids is 2. The van der Waals surface area contributed by atoms with Gasteiger partial charge in [-0.3, -0.25) is 14.5 Å². The minimum atomic E-state index is -3.84. The lowest BCUT2D eigenvalue weighted by Gasteiger charge is -2.23. The van der Waals surface area contributed by atoms with Gasteiger partial charge < -0.3 is 4.74 Å². The number of nitrogens with one attached hydrogen (secondary N) is 1. The first kappa shape index (κ1) is 16.9. The Morgan fingerprint density at radius 2 is 1.92 bits per heavy atom. The van der Waals surface area contributed by atoms with Gasteiger partial charge in [-0.15, -0.1) is 0 Å². The molecule has 3 aliphatic rings. The third kappa shape index (κ3) is 2.31. The van der Waals surface area contributed by atoms with E-state index in [9.17, 15) is 18.0 Å². The van der Waals surface area contributed by atoms with E-state index < -0.39 is 33.6 Å². The molecule has 2 fully saturated rings. The number of carbonyl (C=O) groups is 2. The number of hydrogen-bond donors (Lipinski definition) is 1. The number of benzene rings is 1. The van der Waals surface area contributed by atoms with Crippen molar-refractivity contribution < 1.29 is 22.7 Å². The molecule has 2 bridgehead atoms. The predicted molar refractivity (Wildman–Crippen MR) is 91.5 cm³/mol. The Bertz CT molecular complexity index is 953. The highest BCUT2D eigenvalue weighted by Gasteiger charge is 2.66. The fourth-order valence-corrected chi connectivity index (χ4v) is 4.48. The van der Waals surface area contributed by atoms with Gasteiger partial charge in [-0.2, -0.15) is 13.5 Å². The Labute approximate surface area is 150 Å². The molecule has 0 saturated carbocycles. The number of fused-ring (bicyclic) bond motifs is 5. The average molecular weight is 375 g/mol. The average Bonchev–Trinajstić information content (AvgIpc) is 3.22. The van der Waals surface area contributed by atoms with Crippen LogP contribution in [0.5, 0.6) is 0 Å². The molecule has 0 spiro atoms. The monoisotopic (exact) mass is 375 g/mol. The predicted octanol–water partition coefficient (Wildman–Crippen LogP) is 0.198. The smallest absolute Gasteiger partial charge is 0.276 e. The number of sulfonamides is 1. The Hall–Kier alpha value is -2.52. The molecule has 3 aliphatic heterocycles. The number of hydrogen-bond acceptors (Lipinski definition) is 6. The summed E-state index contributed by atoms with van der Waals surface area (Å²) >= 11 is 0. The van der Waals surface area contributed by atoms with Crippen molar-refractivity contribution in [1.29, 1.82) is 0 Å². The van der Waals surface area contributed by atoms with Crippen molar-refractivity contribution in [3.8, 4) is 0 Å². The topological polar surface area (TPSA) is 105 Å². The molecular weight excluding hydrogens is 358 g/mol. The van der Waals surface area contributed by atoms with E-state index >= 15 is 0 Å². The number of ether oxygens (including phenoxy) is 1. The summed E-state index contributed by atoms with van der Waals surface area (Å²) in [5.41, 5.74) is -0.268. The van der Waals surface area contributed by atoms with Gasteiger partial charge >= 0.3 is 0 Å². The normalized spacial score (nSPS) is 32.7. The summed E-state index contributed by atoms with van der Waals surface area (Å²) in [7, 11) is -2.40. The Kier molecular flexibility index (Phi) is 3.57. The summed E-state index contributed by atoms with van der Waals surface area (Å²) in [5.74, 6) is -1.94. The molecule has 4 rings (SSSR count). The molecule has 0 aliphatic carbocycles. The molecule has 0 radical (unpaired) electrons. The summed E-state index contributed by atoms with van der Waals surface area (Å²) in [6.07, 6.45) is 4.13. The third-order valence-corrected chi connectivity index (χ3v) is 6.31. The molecule has 0 unspecified atom stereocenters. The van der Waals surface area contributed by atoms with Crippen molar-refractivity contribution >= 4 is 28.1 Å². The first-order chi connectivity index (χ1) is 12.3. The van der Waals surface area contributed by atoms with Gasteiger partial charge in [0.2, 0.25) is 11.8 Å². The second-order valence-electron chi connectivity index (χ2n) is 6.70. The number of rotatable bonds is 4. The summed E-state index contributed by atoms with van der Waals surface area (Å²) in [6.45, 7) is 1.86. The van der Waals surface area contributed by atoms with Gasteiger partial charge in [-0.25, -0.2) is 4.83 Å². The lowest BCUT2D eigenvalue weighted by Crippen LogP contribution is -2.41. The zero-order chi connectivity index (χ0) is 18.7. The molecule has 2 amide bonds. The van der Waals surface area contributed by atoms with E-state index in [2.05, 4.69) is 9.93 Å². The summed E-state index contributed by atoms with van der Waals surface area (Å²) < 4.78 is 30.4. The molecule has 2 saturated heterocycles. The molecule has 1 N–H and O–H groups in total. The highest BCUT2D eigenvalue weighted by molar-refractivity contribution is 7.89. The van der Waals surface area contributed by atoms with Crippen molar-refractivity contribution in [1.82, 2.24) is 9.73 Å². The quantitative estimate of drug-likeness (QED) is 0.350. The van der Waals surface area contributed by atoms with E-state index in [0.29, 0.717) is 0 Å². The van der Waals surface area contributed by atoms with Crippen molar-refractivity contribution in [2.75, 3.05) is 7.05 Å². The molecule has 8 nitrogen and oxygen atoms in total. The van der Waals surface area contributed by atoms with Crippen LogP contribution in [0.4, 0.5) is 0 Å². The highest BCUT2D eigenvalue weighted by Crippen LogP contribution is 2.50. The van der Waals surface area contributed by atoms with Crippen LogP contribution in [-0.2, 0) is 24.3 Å². The largest absolute Gasteiger partial charge is 0.356 e. The van der Waals surface area contributed by atoms with Crippen molar-refractivity contribution in [3.63, 3.8) is 0 Å². The number of hydrazone groups is 1. The molecule has 3 heterocycles. The van der Waals surface area contributed by atoms with Gasteiger partial charge in [-0.1, -0.05) is 23.8 Å². The van der Waals surface area contributed by atoms with Crippen LogP contribution in [0.1, 0.15) is 5.56 Å². The number of aryl methyl sites for hydroxylation is 1. The van der Waals surface area contributed by atoms with Crippen LogP contribution in [0.2, 0.25) is 0 Å². The zero-order valence-corrected chi connectivity index (χ0v) is 14.9. The van der Waals surface area contributed by atoms with Crippen LogP contribution in [0.25, 0.3) is 0 Å². The number of imide groups is 1. The van der Waals surface area contributed by atoms with Crippen LogP contribution in [-0.4, -0.2) is 50.1 Å². The summed E-state index contributed by atoms with van der Waals surface area (Å²) in [4.78, 5) is 27.9. The van der Waals surface area contributed by atoms with E-state index in [1.54, 1.807) is 24.3 Å². The van der Waals surface area contributed by atoms with E-state index in [0.717, 1.165) is 10.5 Å². The first-order valence-corrected chi connectivity index (χ1v) is 9.55. The van der Waals surface area contributed by atoms with Crippen LogP contribution < -0.4 is 4.83 Å². The Morgan fingerprint density at radius 3 is 2.62 bits per heavy atom. The SMILES string of the molecule is Cc1ccc(S(=O)(=O)N/N=C/[C@@]23C=C[C@@H](O2)[C@H]2C(=O)N(C)C(=O)[C@H]23)cc1. The number of nitrogens with zero attached hydrogens (tertiary/aromatic N) is 2. The molecule has 1 aromatic rings. The van der Waals surface area contributed by atoms with Gasteiger partial charge in [-0.05, 0) is 25.1 Å². The Balaban J connectivity index is 1.57. The molecule has 9 heteroatoms. The van der Waals surface area contributed by atoms with Gasteiger partial charge in [0.1, 0.15) is 5.60 Å². The van der Waals surface area contributed by atoms with Gasteiger partial charge in [0.25, 0.3) is 10.0 Å². The highest BCUT2D eigenvalue weighted by atomic mass is 32.2. The molecule has 26 heavy (non-hydrogen) atoms. The van der Waals surface area contributed by atoms with Gasteiger partial charge in [0.15, 0.2) is 0 Å². The molecule has 4 atom stereocenters. The second-order valence-corrected chi connectivity index (χ2v) is 8.36. The van der Waals surface area contributed by atoms with Crippen molar-refractivity contribution in [3.05, 3.63) is 42.0 Å².